The summed E-state index contributed by atoms with van der Waals surface area (Å²) in [6.07, 6.45) is 1.68. The van der Waals surface area contributed by atoms with E-state index in [4.69, 9.17) is 0 Å². The quantitative estimate of drug-likeness (QED) is 0.652. The monoisotopic (exact) mass is 180 g/mol. The molecular formula is C8H12N4O. The highest BCUT2D eigenvalue weighted by Gasteiger charge is 2.30. The average Bonchev–Trinajstić information content (AvgIpc) is 2.68. The first-order chi connectivity index (χ1) is 6.24. The predicted octanol–water partition coefficient (Wildman–Crippen LogP) is -0.180. The third kappa shape index (κ3) is 1.11. The van der Waals surface area contributed by atoms with Gasteiger partial charge in [0.25, 0.3) is 0 Å². The highest BCUT2D eigenvalue weighted by atomic mass is 16.2. The van der Waals surface area contributed by atoms with Crippen LogP contribution in [0.1, 0.15) is 24.1 Å². The Balaban J connectivity index is 2.36. The fraction of sp³-hybridized carbons (Fsp3) is 0.625. The van der Waals surface area contributed by atoms with Crippen molar-refractivity contribution in [3.63, 3.8) is 0 Å². The van der Waals surface area contributed by atoms with E-state index in [1.54, 1.807) is 7.05 Å². The van der Waals surface area contributed by atoms with Gasteiger partial charge in [0.15, 0.2) is 0 Å². The molecule has 1 aromatic rings. The van der Waals surface area contributed by atoms with Gasteiger partial charge in [0.05, 0.1) is 0 Å². The van der Waals surface area contributed by atoms with Gasteiger partial charge in [-0.2, -0.15) is 0 Å². The maximum Gasteiger partial charge on any atom is 0.242 e. The SMILES string of the molecule is CNC(=O)[C@H]1CCc2nnc(C)n21. The van der Waals surface area contributed by atoms with E-state index in [1.807, 2.05) is 11.5 Å². The molecule has 0 bridgehead atoms. The van der Waals surface area contributed by atoms with Crippen LogP contribution in [0.5, 0.6) is 0 Å². The van der Waals surface area contributed by atoms with Crippen molar-refractivity contribution in [1.82, 2.24) is 20.1 Å². The molecule has 0 aliphatic carbocycles. The lowest BCUT2D eigenvalue weighted by Gasteiger charge is -2.11. The van der Waals surface area contributed by atoms with Gasteiger partial charge < -0.3 is 9.88 Å². The van der Waals surface area contributed by atoms with E-state index in [2.05, 4.69) is 15.5 Å². The Kier molecular flexibility index (Phi) is 1.79. The Hall–Kier alpha value is -1.39. The normalized spacial score (nSPS) is 20.0. The number of aromatic nitrogens is 3. The number of nitrogens with zero attached hydrogens (tertiary/aromatic N) is 3. The highest BCUT2D eigenvalue weighted by Crippen LogP contribution is 2.25. The molecule has 1 N–H and O–H groups in total. The zero-order chi connectivity index (χ0) is 9.42. The summed E-state index contributed by atoms with van der Waals surface area (Å²) in [6.45, 7) is 1.87. The largest absolute Gasteiger partial charge is 0.357 e. The second-order valence-electron chi connectivity index (χ2n) is 3.20. The Morgan fingerprint density at radius 3 is 3.08 bits per heavy atom. The fourth-order valence-corrected chi connectivity index (χ4v) is 1.80. The number of carbonyl (C=O) groups excluding carboxylic acids is 1. The average molecular weight is 180 g/mol. The third-order valence-corrected chi connectivity index (χ3v) is 2.44. The zero-order valence-corrected chi connectivity index (χ0v) is 7.74. The summed E-state index contributed by atoms with van der Waals surface area (Å²) >= 11 is 0. The van der Waals surface area contributed by atoms with Gasteiger partial charge in [-0.1, -0.05) is 0 Å². The number of hydrogen-bond acceptors (Lipinski definition) is 3. The number of amides is 1. The van der Waals surface area contributed by atoms with Crippen molar-refractivity contribution in [3.05, 3.63) is 11.6 Å². The highest BCUT2D eigenvalue weighted by molar-refractivity contribution is 5.80. The lowest BCUT2D eigenvalue weighted by atomic mass is 10.2. The van der Waals surface area contributed by atoms with Crippen molar-refractivity contribution in [1.29, 1.82) is 0 Å². The molecule has 2 heterocycles. The molecular weight excluding hydrogens is 168 g/mol. The maximum absolute atomic E-state index is 11.4. The van der Waals surface area contributed by atoms with Gasteiger partial charge in [-0.05, 0) is 13.3 Å². The zero-order valence-electron chi connectivity index (χ0n) is 7.74. The molecule has 1 aliphatic rings. The van der Waals surface area contributed by atoms with E-state index < -0.39 is 0 Å². The number of nitrogens with one attached hydrogen (secondary N) is 1. The number of rotatable bonds is 1. The van der Waals surface area contributed by atoms with E-state index >= 15 is 0 Å². The van der Waals surface area contributed by atoms with Crippen LogP contribution in [0.4, 0.5) is 0 Å². The second-order valence-corrected chi connectivity index (χ2v) is 3.20. The first-order valence-corrected chi connectivity index (χ1v) is 4.36. The van der Waals surface area contributed by atoms with Crippen LogP contribution in [0, 0.1) is 6.92 Å². The minimum atomic E-state index is -0.102. The van der Waals surface area contributed by atoms with Crippen LogP contribution >= 0.6 is 0 Å². The van der Waals surface area contributed by atoms with Crippen LogP contribution in [-0.2, 0) is 11.2 Å². The molecule has 0 spiro atoms. The molecule has 0 radical (unpaired) electrons. The number of hydrogen-bond donors (Lipinski definition) is 1. The summed E-state index contributed by atoms with van der Waals surface area (Å²) in [5.41, 5.74) is 0. The van der Waals surface area contributed by atoms with Crippen molar-refractivity contribution in [2.24, 2.45) is 0 Å². The molecule has 1 aliphatic heterocycles. The molecule has 1 atom stereocenters. The van der Waals surface area contributed by atoms with E-state index in [1.165, 1.54) is 0 Å². The summed E-state index contributed by atoms with van der Waals surface area (Å²) in [5, 5.41) is 10.6. The van der Waals surface area contributed by atoms with Gasteiger partial charge in [0, 0.05) is 13.5 Å². The van der Waals surface area contributed by atoms with Crippen molar-refractivity contribution in [3.8, 4) is 0 Å². The van der Waals surface area contributed by atoms with Gasteiger partial charge in [-0.3, -0.25) is 4.79 Å². The second kappa shape index (κ2) is 2.83. The molecule has 0 fully saturated rings. The number of likely N-dealkylation sites (N-methyl/N-ethyl adjacent to an activating group) is 1. The van der Waals surface area contributed by atoms with Gasteiger partial charge in [0.2, 0.25) is 5.91 Å². The maximum atomic E-state index is 11.4. The lowest BCUT2D eigenvalue weighted by molar-refractivity contribution is -0.123. The van der Waals surface area contributed by atoms with Gasteiger partial charge in [-0.25, -0.2) is 0 Å². The molecule has 70 valence electrons. The van der Waals surface area contributed by atoms with Crippen molar-refractivity contribution in [2.45, 2.75) is 25.8 Å². The van der Waals surface area contributed by atoms with Gasteiger partial charge >= 0.3 is 0 Å². The fourth-order valence-electron chi connectivity index (χ4n) is 1.80. The summed E-state index contributed by atoms with van der Waals surface area (Å²) in [7, 11) is 1.65. The van der Waals surface area contributed by atoms with Crippen LogP contribution in [0.25, 0.3) is 0 Å². The van der Waals surface area contributed by atoms with Crippen molar-refractivity contribution < 1.29 is 4.79 Å². The minimum absolute atomic E-state index is 0.0432. The summed E-state index contributed by atoms with van der Waals surface area (Å²) in [5.74, 6) is 1.79. The smallest absolute Gasteiger partial charge is 0.242 e. The van der Waals surface area contributed by atoms with E-state index in [9.17, 15) is 4.79 Å². The third-order valence-electron chi connectivity index (χ3n) is 2.44. The molecule has 0 unspecified atom stereocenters. The summed E-state index contributed by atoms with van der Waals surface area (Å²) in [4.78, 5) is 11.4. The molecule has 0 saturated heterocycles. The molecule has 0 saturated carbocycles. The molecule has 2 rings (SSSR count). The minimum Gasteiger partial charge on any atom is -0.357 e. The molecule has 13 heavy (non-hydrogen) atoms. The standard InChI is InChI=1S/C8H12N4O/c1-5-10-11-7-4-3-6(12(5)7)8(13)9-2/h6H,3-4H2,1-2H3,(H,9,13)/t6-/m1/s1. The Morgan fingerprint density at radius 2 is 2.38 bits per heavy atom. The van der Waals surface area contributed by atoms with Gasteiger partial charge in [0.1, 0.15) is 17.7 Å². The molecule has 1 amide bonds. The van der Waals surface area contributed by atoms with Crippen LogP contribution in [-0.4, -0.2) is 27.7 Å². The Bertz CT molecular complexity index is 344. The van der Waals surface area contributed by atoms with Crippen LogP contribution in [0.2, 0.25) is 0 Å². The molecule has 1 aromatic heterocycles. The van der Waals surface area contributed by atoms with E-state index in [0.29, 0.717) is 0 Å². The number of aryl methyl sites for hydroxylation is 2. The lowest BCUT2D eigenvalue weighted by Crippen LogP contribution is -2.28. The first kappa shape index (κ1) is 8.22. The number of fused-ring (bicyclic) bond motifs is 1. The van der Waals surface area contributed by atoms with E-state index in [-0.39, 0.29) is 11.9 Å². The molecule has 0 aromatic carbocycles. The van der Waals surface area contributed by atoms with Crippen molar-refractivity contribution >= 4 is 5.91 Å². The van der Waals surface area contributed by atoms with Gasteiger partial charge in [-0.15, -0.1) is 10.2 Å². The Morgan fingerprint density at radius 1 is 1.62 bits per heavy atom. The number of carbonyl (C=O) groups is 1. The van der Waals surface area contributed by atoms with E-state index in [0.717, 1.165) is 24.5 Å². The summed E-state index contributed by atoms with van der Waals surface area (Å²) in [6, 6.07) is -0.102. The molecule has 5 nitrogen and oxygen atoms in total. The predicted molar refractivity (Wildman–Crippen MR) is 46.2 cm³/mol. The Labute approximate surface area is 76.2 Å². The topological polar surface area (TPSA) is 59.8 Å². The van der Waals surface area contributed by atoms with Crippen LogP contribution in [0.15, 0.2) is 0 Å². The molecule has 5 heteroatoms. The first-order valence-electron chi connectivity index (χ1n) is 4.36. The van der Waals surface area contributed by atoms with Crippen molar-refractivity contribution in [2.75, 3.05) is 7.05 Å². The van der Waals surface area contributed by atoms with Crippen LogP contribution in [0.3, 0.4) is 0 Å². The van der Waals surface area contributed by atoms with Crippen LogP contribution < -0.4 is 5.32 Å². The summed E-state index contributed by atoms with van der Waals surface area (Å²) < 4.78 is 1.92.